The fourth-order valence-corrected chi connectivity index (χ4v) is 2.27. The highest BCUT2D eigenvalue weighted by Gasteiger charge is 2.23. The molecule has 1 aliphatic carbocycles. The number of halogens is 1. The summed E-state index contributed by atoms with van der Waals surface area (Å²) < 4.78 is 13.1. The molecule has 0 saturated heterocycles. The lowest BCUT2D eigenvalue weighted by Crippen LogP contribution is -2.36. The fourth-order valence-electron chi connectivity index (χ4n) is 2.27. The Morgan fingerprint density at radius 1 is 1.31 bits per heavy atom. The van der Waals surface area contributed by atoms with Gasteiger partial charge in [-0.1, -0.05) is 6.07 Å². The highest BCUT2D eigenvalue weighted by atomic mass is 19.1. The standard InChI is InChI=1S/C13H17FN2/c14-10-3-1-9-2-4-12(16-13(9)7-10)8-15-11-5-6-11/h1,3,7,11-12,15-16H,2,4-6,8H2. The molecule has 0 radical (unpaired) electrons. The van der Waals surface area contributed by atoms with Crippen molar-refractivity contribution < 1.29 is 4.39 Å². The topological polar surface area (TPSA) is 24.1 Å². The zero-order chi connectivity index (χ0) is 11.0. The molecule has 1 fully saturated rings. The van der Waals surface area contributed by atoms with Gasteiger partial charge in [-0.05, 0) is 43.4 Å². The van der Waals surface area contributed by atoms with Crippen molar-refractivity contribution in [3.8, 4) is 0 Å². The van der Waals surface area contributed by atoms with E-state index in [1.54, 1.807) is 12.1 Å². The zero-order valence-electron chi connectivity index (χ0n) is 9.30. The van der Waals surface area contributed by atoms with E-state index in [0.717, 1.165) is 31.1 Å². The lowest BCUT2D eigenvalue weighted by Gasteiger charge is -2.27. The molecule has 1 aliphatic heterocycles. The summed E-state index contributed by atoms with van der Waals surface area (Å²) in [5.74, 6) is -0.151. The molecule has 0 bridgehead atoms. The van der Waals surface area contributed by atoms with Gasteiger partial charge in [0.25, 0.3) is 0 Å². The van der Waals surface area contributed by atoms with E-state index in [2.05, 4.69) is 10.6 Å². The van der Waals surface area contributed by atoms with Crippen LogP contribution in [0, 0.1) is 5.82 Å². The third-order valence-electron chi connectivity index (χ3n) is 3.42. The van der Waals surface area contributed by atoms with E-state index in [1.165, 1.54) is 18.4 Å². The van der Waals surface area contributed by atoms with Gasteiger partial charge in [0, 0.05) is 24.3 Å². The van der Waals surface area contributed by atoms with E-state index < -0.39 is 0 Å². The van der Waals surface area contributed by atoms with E-state index in [-0.39, 0.29) is 5.82 Å². The molecule has 2 aliphatic rings. The van der Waals surface area contributed by atoms with Gasteiger partial charge in [-0.2, -0.15) is 0 Å². The number of aryl methyl sites for hydroxylation is 1. The summed E-state index contributed by atoms with van der Waals surface area (Å²) in [6, 6.07) is 6.25. The predicted molar refractivity (Wildman–Crippen MR) is 63.2 cm³/mol. The van der Waals surface area contributed by atoms with Gasteiger partial charge in [-0.15, -0.1) is 0 Å². The van der Waals surface area contributed by atoms with Gasteiger partial charge >= 0.3 is 0 Å². The average Bonchev–Trinajstić information content (AvgIpc) is 3.09. The van der Waals surface area contributed by atoms with Gasteiger partial charge in [0.05, 0.1) is 0 Å². The summed E-state index contributed by atoms with van der Waals surface area (Å²) in [4.78, 5) is 0. The van der Waals surface area contributed by atoms with Crippen LogP contribution < -0.4 is 10.6 Å². The molecular formula is C13H17FN2. The van der Waals surface area contributed by atoms with Crippen molar-refractivity contribution in [3.05, 3.63) is 29.6 Å². The summed E-state index contributed by atoms with van der Waals surface area (Å²) in [6.45, 7) is 1.00. The molecule has 1 saturated carbocycles. The second-order valence-electron chi connectivity index (χ2n) is 4.86. The first-order valence-electron chi connectivity index (χ1n) is 6.09. The predicted octanol–water partition coefficient (Wildman–Crippen LogP) is 2.30. The maximum atomic E-state index is 13.1. The van der Waals surface area contributed by atoms with Crippen molar-refractivity contribution in [2.45, 2.75) is 37.8 Å². The summed E-state index contributed by atoms with van der Waals surface area (Å²) in [5.41, 5.74) is 2.22. The third-order valence-corrected chi connectivity index (χ3v) is 3.42. The number of nitrogens with one attached hydrogen (secondary N) is 2. The number of anilines is 1. The Labute approximate surface area is 95.2 Å². The normalized spacial score (nSPS) is 23.7. The van der Waals surface area contributed by atoms with E-state index >= 15 is 0 Å². The van der Waals surface area contributed by atoms with Gasteiger partial charge in [-0.3, -0.25) is 0 Å². The van der Waals surface area contributed by atoms with Crippen LogP contribution in [0.2, 0.25) is 0 Å². The van der Waals surface area contributed by atoms with Crippen molar-refractivity contribution >= 4 is 5.69 Å². The molecule has 16 heavy (non-hydrogen) atoms. The van der Waals surface area contributed by atoms with Gasteiger partial charge < -0.3 is 10.6 Å². The summed E-state index contributed by atoms with van der Waals surface area (Å²) in [5, 5.41) is 6.93. The minimum atomic E-state index is -0.151. The van der Waals surface area contributed by atoms with Crippen LogP contribution >= 0.6 is 0 Å². The lowest BCUT2D eigenvalue weighted by molar-refractivity contribution is 0.554. The fraction of sp³-hybridized carbons (Fsp3) is 0.538. The Balaban J connectivity index is 1.64. The maximum Gasteiger partial charge on any atom is 0.125 e. The van der Waals surface area contributed by atoms with Gasteiger partial charge in [0.2, 0.25) is 0 Å². The molecule has 1 aromatic rings. The highest BCUT2D eigenvalue weighted by Crippen LogP contribution is 2.26. The first-order valence-corrected chi connectivity index (χ1v) is 6.09. The minimum Gasteiger partial charge on any atom is -0.381 e. The zero-order valence-corrected chi connectivity index (χ0v) is 9.30. The van der Waals surface area contributed by atoms with Gasteiger partial charge in [-0.25, -0.2) is 4.39 Å². The van der Waals surface area contributed by atoms with Gasteiger partial charge in [0.1, 0.15) is 5.82 Å². The van der Waals surface area contributed by atoms with E-state index in [9.17, 15) is 4.39 Å². The largest absolute Gasteiger partial charge is 0.381 e. The van der Waals surface area contributed by atoms with Crippen molar-refractivity contribution in [2.24, 2.45) is 0 Å². The quantitative estimate of drug-likeness (QED) is 0.816. The van der Waals surface area contributed by atoms with Gasteiger partial charge in [0.15, 0.2) is 0 Å². The second-order valence-corrected chi connectivity index (χ2v) is 4.86. The Morgan fingerprint density at radius 2 is 2.19 bits per heavy atom. The number of hydrogen-bond acceptors (Lipinski definition) is 2. The third kappa shape index (κ3) is 2.19. The Bertz CT molecular complexity index is 388. The Morgan fingerprint density at radius 3 is 3.00 bits per heavy atom. The Kier molecular flexibility index (Phi) is 2.56. The number of hydrogen-bond donors (Lipinski definition) is 2. The molecule has 3 heteroatoms. The average molecular weight is 220 g/mol. The van der Waals surface area contributed by atoms with Crippen molar-refractivity contribution in [1.29, 1.82) is 0 Å². The molecule has 2 nitrogen and oxygen atoms in total. The molecule has 0 spiro atoms. The molecule has 0 aromatic heterocycles. The van der Waals surface area contributed by atoms with Crippen LogP contribution in [0.3, 0.4) is 0 Å². The summed E-state index contributed by atoms with van der Waals surface area (Å²) in [7, 11) is 0. The first kappa shape index (κ1) is 10.1. The SMILES string of the molecule is Fc1ccc2c(c1)NC(CNC1CC1)CC2. The molecule has 1 aromatic carbocycles. The molecule has 1 atom stereocenters. The monoisotopic (exact) mass is 220 g/mol. The maximum absolute atomic E-state index is 13.1. The van der Waals surface area contributed by atoms with Crippen LogP contribution in [0.15, 0.2) is 18.2 Å². The Hall–Kier alpha value is -1.09. The lowest BCUT2D eigenvalue weighted by atomic mass is 9.98. The molecule has 0 amide bonds. The first-order chi connectivity index (χ1) is 7.81. The highest BCUT2D eigenvalue weighted by molar-refractivity contribution is 5.54. The van der Waals surface area contributed by atoms with Crippen LogP contribution in [0.1, 0.15) is 24.8 Å². The molecule has 1 unspecified atom stereocenters. The van der Waals surface area contributed by atoms with Crippen LogP contribution in [0.5, 0.6) is 0 Å². The number of fused-ring (bicyclic) bond motifs is 1. The van der Waals surface area contributed by atoms with Crippen molar-refractivity contribution in [1.82, 2.24) is 5.32 Å². The number of rotatable bonds is 3. The molecule has 3 rings (SSSR count). The van der Waals surface area contributed by atoms with Crippen molar-refractivity contribution in [2.75, 3.05) is 11.9 Å². The van der Waals surface area contributed by atoms with Crippen molar-refractivity contribution in [3.63, 3.8) is 0 Å². The minimum absolute atomic E-state index is 0.151. The molecule has 86 valence electrons. The summed E-state index contributed by atoms with van der Waals surface area (Å²) >= 11 is 0. The molecular weight excluding hydrogens is 203 g/mol. The van der Waals surface area contributed by atoms with Crippen LogP contribution in [-0.4, -0.2) is 18.6 Å². The van der Waals surface area contributed by atoms with Crippen LogP contribution in [0.4, 0.5) is 10.1 Å². The smallest absolute Gasteiger partial charge is 0.125 e. The van der Waals surface area contributed by atoms with E-state index in [1.807, 2.05) is 6.07 Å². The summed E-state index contributed by atoms with van der Waals surface area (Å²) in [6.07, 6.45) is 4.83. The number of benzene rings is 1. The second kappa shape index (κ2) is 4.06. The molecule has 2 N–H and O–H groups in total. The van der Waals surface area contributed by atoms with E-state index in [0.29, 0.717) is 6.04 Å². The molecule has 1 heterocycles. The van der Waals surface area contributed by atoms with Crippen LogP contribution in [-0.2, 0) is 6.42 Å². The van der Waals surface area contributed by atoms with Crippen LogP contribution in [0.25, 0.3) is 0 Å². The van der Waals surface area contributed by atoms with E-state index in [4.69, 9.17) is 0 Å².